The molecule has 0 spiro atoms. The SMILES string of the molecule is O=C1c2cc(OCc3ccc4ccccc4n3)ccc2CC1Cc1ccccc1. The Balaban J connectivity index is 1.29. The Morgan fingerprint density at radius 3 is 2.62 bits per heavy atom. The van der Waals surface area contributed by atoms with Gasteiger partial charge in [-0.3, -0.25) is 4.79 Å². The van der Waals surface area contributed by atoms with Gasteiger partial charge in [0.1, 0.15) is 12.4 Å². The second-order valence-corrected chi connectivity index (χ2v) is 7.56. The predicted octanol–water partition coefficient (Wildman–Crippen LogP) is 5.41. The molecule has 0 radical (unpaired) electrons. The van der Waals surface area contributed by atoms with E-state index in [0.29, 0.717) is 12.4 Å². The van der Waals surface area contributed by atoms with Crippen LogP contribution < -0.4 is 4.74 Å². The molecule has 1 aromatic heterocycles. The summed E-state index contributed by atoms with van der Waals surface area (Å²) >= 11 is 0. The van der Waals surface area contributed by atoms with E-state index >= 15 is 0 Å². The van der Waals surface area contributed by atoms with Gasteiger partial charge in [-0.25, -0.2) is 4.98 Å². The number of carbonyl (C=O) groups is 1. The Labute approximate surface area is 170 Å². The molecule has 4 aromatic rings. The van der Waals surface area contributed by atoms with Gasteiger partial charge < -0.3 is 4.74 Å². The number of benzene rings is 3. The molecular weight excluding hydrogens is 358 g/mol. The standard InChI is InChI=1S/C26H21NO2/c28-26-21(14-18-6-2-1-3-7-18)15-20-11-13-23(16-24(20)26)29-17-22-12-10-19-8-4-5-9-25(19)27-22/h1-13,16,21H,14-15,17H2. The maximum atomic E-state index is 12.9. The lowest BCUT2D eigenvalue weighted by molar-refractivity contribution is 0.0936. The van der Waals surface area contributed by atoms with Gasteiger partial charge >= 0.3 is 0 Å². The van der Waals surface area contributed by atoms with Crippen molar-refractivity contribution >= 4 is 16.7 Å². The van der Waals surface area contributed by atoms with Crippen LogP contribution in [0, 0.1) is 5.92 Å². The van der Waals surface area contributed by atoms with Crippen LogP contribution in [0.15, 0.2) is 84.9 Å². The highest BCUT2D eigenvalue weighted by molar-refractivity contribution is 6.02. The molecule has 1 unspecified atom stereocenters. The molecule has 0 N–H and O–H groups in total. The summed E-state index contributed by atoms with van der Waals surface area (Å²) < 4.78 is 5.95. The molecule has 3 nitrogen and oxygen atoms in total. The average Bonchev–Trinajstić information content (AvgIpc) is 3.07. The van der Waals surface area contributed by atoms with Crippen molar-refractivity contribution in [2.45, 2.75) is 19.4 Å². The summed E-state index contributed by atoms with van der Waals surface area (Å²) in [5.74, 6) is 0.954. The second-order valence-electron chi connectivity index (χ2n) is 7.56. The number of fused-ring (bicyclic) bond motifs is 2. The van der Waals surface area contributed by atoms with Crippen LogP contribution in [0.2, 0.25) is 0 Å². The summed E-state index contributed by atoms with van der Waals surface area (Å²) in [6.45, 7) is 0.380. The molecule has 3 heteroatoms. The molecule has 0 bridgehead atoms. The highest BCUT2D eigenvalue weighted by atomic mass is 16.5. The van der Waals surface area contributed by atoms with Gasteiger partial charge in [-0.2, -0.15) is 0 Å². The van der Waals surface area contributed by atoms with E-state index in [1.807, 2.05) is 66.7 Å². The van der Waals surface area contributed by atoms with Gasteiger partial charge in [-0.15, -0.1) is 0 Å². The van der Waals surface area contributed by atoms with Crippen molar-refractivity contribution in [2.75, 3.05) is 0 Å². The van der Waals surface area contributed by atoms with Crippen molar-refractivity contribution in [3.8, 4) is 5.75 Å². The topological polar surface area (TPSA) is 39.2 Å². The molecule has 0 saturated heterocycles. The molecule has 1 atom stereocenters. The molecule has 3 aromatic carbocycles. The van der Waals surface area contributed by atoms with E-state index in [1.54, 1.807) is 0 Å². The molecule has 0 fully saturated rings. The molecule has 0 amide bonds. The van der Waals surface area contributed by atoms with E-state index in [2.05, 4.69) is 23.2 Å². The number of nitrogens with zero attached hydrogens (tertiary/aromatic N) is 1. The number of Topliss-reactive ketones (excluding diaryl/α,β-unsaturated/α-hetero) is 1. The van der Waals surface area contributed by atoms with Crippen molar-refractivity contribution in [3.05, 3.63) is 107 Å². The fourth-order valence-electron chi connectivity index (χ4n) is 4.04. The number of aromatic nitrogens is 1. The number of ketones is 1. The lowest BCUT2D eigenvalue weighted by atomic mass is 9.96. The van der Waals surface area contributed by atoms with Crippen LogP contribution in [-0.4, -0.2) is 10.8 Å². The third kappa shape index (κ3) is 3.64. The van der Waals surface area contributed by atoms with Crippen LogP contribution >= 0.6 is 0 Å². The van der Waals surface area contributed by atoms with E-state index in [-0.39, 0.29) is 11.7 Å². The summed E-state index contributed by atoms with van der Waals surface area (Å²) in [7, 11) is 0. The van der Waals surface area contributed by atoms with Crippen molar-refractivity contribution in [3.63, 3.8) is 0 Å². The number of ether oxygens (including phenoxy) is 1. The fraction of sp³-hybridized carbons (Fsp3) is 0.154. The lowest BCUT2D eigenvalue weighted by Gasteiger charge is -2.08. The molecule has 0 saturated carbocycles. The zero-order valence-corrected chi connectivity index (χ0v) is 16.0. The number of pyridine rings is 1. The molecule has 1 aliphatic carbocycles. The van der Waals surface area contributed by atoms with Gasteiger partial charge in [0.15, 0.2) is 5.78 Å². The second kappa shape index (κ2) is 7.51. The summed E-state index contributed by atoms with van der Waals surface area (Å²) in [4.78, 5) is 17.6. The van der Waals surface area contributed by atoms with Crippen molar-refractivity contribution in [1.29, 1.82) is 0 Å². The van der Waals surface area contributed by atoms with Gasteiger partial charge in [0, 0.05) is 16.9 Å². The molecule has 142 valence electrons. The Morgan fingerprint density at radius 2 is 1.72 bits per heavy atom. The predicted molar refractivity (Wildman–Crippen MR) is 114 cm³/mol. The van der Waals surface area contributed by atoms with E-state index in [9.17, 15) is 4.79 Å². The summed E-state index contributed by atoms with van der Waals surface area (Å²) in [6, 6.07) is 28.2. The van der Waals surface area contributed by atoms with E-state index in [1.165, 1.54) is 5.56 Å². The van der Waals surface area contributed by atoms with Crippen molar-refractivity contribution < 1.29 is 9.53 Å². The Bertz CT molecular complexity index is 1180. The zero-order chi connectivity index (χ0) is 19.6. The van der Waals surface area contributed by atoms with Crippen molar-refractivity contribution in [1.82, 2.24) is 4.98 Å². The van der Waals surface area contributed by atoms with Crippen LogP contribution in [0.25, 0.3) is 10.9 Å². The Morgan fingerprint density at radius 1 is 0.897 bits per heavy atom. The van der Waals surface area contributed by atoms with Crippen LogP contribution in [0.5, 0.6) is 5.75 Å². The smallest absolute Gasteiger partial charge is 0.167 e. The lowest BCUT2D eigenvalue weighted by Crippen LogP contribution is -2.12. The first kappa shape index (κ1) is 17.6. The third-order valence-corrected chi connectivity index (χ3v) is 5.55. The first-order chi connectivity index (χ1) is 14.3. The quantitative estimate of drug-likeness (QED) is 0.465. The minimum atomic E-state index is 0.0183. The average molecular weight is 379 g/mol. The Kier molecular flexibility index (Phi) is 4.57. The molecule has 0 aliphatic heterocycles. The number of hydrogen-bond donors (Lipinski definition) is 0. The van der Waals surface area contributed by atoms with E-state index in [0.717, 1.165) is 40.6 Å². The summed E-state index contributed by atoms with van der Waals surface area (Å²) in [5.41, 5.74) is 4.96. The minimum Gasteiger partial charge on any atom is -0.487 e. The highest BCUT2D eigenvalue weighted by Crippen LogP contribution is 2.32. The molecule has 29 heavy (non-hydrogen) atoms. The van der Waals surface area contributed by atoms with E-state index < -0.39 is 0 Å². The van der Waals surface area contributed by atoms with Gasteiger partial charge in [0.2, 0.25) is 0 Å². The minimum absolute atomic E-state index is 0.0183. The van der Waals surface area contributed by atoms with E-state index in [4.69, 9.17) is 4.74 Å². The summed E-state index contributed by atoms with van der Waals surface area (Å²) in [5, 5.41) is 1.11. The molecule has 5 rings (SSSR count). The van der Waals surface area contributed by atoms with Crippen LogP contribution in [0.1, 0.15) is 27.2 Å². The Hall–Kier alpha value is -3.46. The monoisotopic (exact) mass is 379 g/mol. The fourth-order valence-corrected chi connectivity index (χ4v) is 4.04. The number of carbonyl (C=O) groups excluding carboxylic acids is 1. The first-order valence-corrected chi connectivity index (χ1v) is 9.95. The number of rotatable bonds is 5. The van der Waals surface area contributed by atoms with Gasteiger partial charge in [0.05, 0.1) is 11.2 Å². The summed E-state index contributed by atoms with van der Waals surface area (Å²) in [6.07, 6.45) is 1.58. The first-order valence-electron chi connectivity index (χ1n) is 9.95. The number of hydrogen-bond acceptors (Lipinski definition) is 3. The highest BCUT2D eigenvalue weighted by Gasteiger charge is 2.30. The zero-order valence-electron chi connectivity index (χ0n) is 16.0. The maximum absolute atomic E-state index is 12.9. The van der Waals surface area contributed by atoms with Crippen molar-refractivity contribution in [2.24, 2.45) is 5.92 Å². The number of para-hydroxylation sites is 1. The van der Waals surface area contributed by atoms with Gasteiger partial charge in [0.25, 0.3) is 0 Å². The van der Waals surface area contributed by atoms with Crippen LogP contribution in [0.3, 0.4) is 0 Å². The molecular formula is C26H21NO2. The molecule has 1 heterocycles. The normalized spacial score (nSPS) is 15.4. The largest absolute Gasteiger partial charge is 0.487 e. The third-order valence-electron chi connectivity index (χ3n) is 5.55. The van der Waals surface area contributed by atoms with Crippen LogP contribution in [0.4, 0.5) is 0 Å². The molecule has 1 aliphatic rings. The van der Waals surface area contributed by atoms with Crippen LogP contribution in [-0.2, 0) is 19.4 Å². The maximum Gasteiger partial charge on any atom is 0.167 e. The van der Waals surface area contributed by atoms with Gasteiger partial charge in [-0.05, 0) is 48.2 Å². The van der Waals surface area contributed by atoms with Gasteiger partial charge in [-0.1, -0.05) is 60.7 Å².